The molecule has 3 N–H and O–H groups in total. The van der Waals surface area contributed by atoms with Gasteiger partial charge in [-0.05, 0) is 49.8 Å². The number of benzene rings is 1. The monoisotopic (exact) mass is 290 g/mol. The van der Waals surface area contributed by atoms with E-state index >= 15 is 0 Å². The van der Waals surface area contributed by atoms with Gasteiger partial charge in [-0.15, -0.1) is 0 Å². The van der Waals surface area contributed by atoms with Crippen molar-refractivity contribution in [3.63, 3.8) is 0 Å². The summed E-state index contributed by atoms with van der Waals surface area (Å²) in [5.74, 6) is 0.699. The van der Waals surface area contributed by atoms with Crippen LogP contribution >= 0.6 is 0 Å². The standard InChI is InChI=1S/C18H30N2O/c1-4-7-15(12-13-19)10-11-17(21)20-18-14(3)8-6-9-16(18)5-2/h6,8-9,15H,4-5,7,10-13,19H2,1-3H3,(H,20,21). The van der Waals surface area contributed by atoms with Crippen LogP contribution in [0.5, 0.6) is 0 Å². The van der Waals surface area contributed by atoms with Crippen LogP contribution in [0.15, 0.2) is 18.2 Å². The molecule has 0 heterocycles. The first-order valence-electron chi connectivity index (χ1n) is 8.20. The van der Waals surface area contributed by atoms with Gasteiger partial charge in [0.25, 0.3) is 0 Å². The zero-order valence-corrected chi connectivity index (χ0v) is 13.7. The highest BCUT2D eigenvalue weighted by molar-refractivity contribution is 5.92. The molecular formula is C18H30N2O. The first-order chi connectivity index (χ1) is 10.1. The summed E-state index contributed by atoms with van der Waals surface area (Å²) in [5, 5.41) is 3.10. The molecule has 0 saturated carbocycles. The lowest BCUT2D eigenvalue weighted by molar-refractivity contribution is -0.116. The lowest BCUT2D eigenvalue weighted by Crippen LogP contribution is -2.16. The second-order valence-electron chi connectivity index (χ2n) is 5.78. The Balaban J connectivity index is 2.57. The molecule has 1 rings (SSSR count). The topological polar surface area (TPSA) is 55.1 Å². The third-order valence-corrected chi connectivity index (χ3v) is 4.06. The van der Waals surface area contributed by atoms with Crippen molar-refractivity contribution in [1.29, 1.82) is 0 Å². The molecule has 0 radical (unpaired) electrons. The summed E-state index contributed by atoms with van der Waals surface area (Å²) < 4.78 is 0. The summed E-state index contributed by atoms with van der Waals surface area (Å²) in [4.78, 5) is 12.2. The number of anilines is 1. The number of aryl methyl sites for hydroxylation is 2. The molecule has 3 heteroatoms. The molecule has 1 aromatic carbocycles. The van der Waals surface area contributed by atoms with Crippen LogP contribution in [0.3, 0.4) is 0 Å². The predicted molar refractivity (Wildman–Crippen MR) is 90.5 cm³/mol. The van der Waals surface area contributed by atoms with E-state index in [0.29, 0.717) is 18.9 Å². The van der Waals surface area contributed by atoms with E-state index in [2.05, 4.69) is 25.2 Å². The molecule has 0 aliphatic rings. The Morgan fingerprint density at radius 2 is 2.00 bits per heavy atom. The number of rotatable bonds is 9. The quantitative estimate of drug-likeness (QED) is 0.721. The Labute approximate surface area is 129 Å². The van der Waals surface area contributed by atoms with Gasteiger partial charge in [0.1, 0.15) is 0 Å². The predicted octanol–water partition coefficient (Wildman–Crippen LogP) is 4.04. The maximum atomic E-state index is 12.2. The van der Waals surface area contributed by atoms with Crippen molar-refractivity contribution in [1.82, 2.24) is 0 Å². The van der Waals surface area contributed by atoms with Crippen LogP contribution in [0.2, 0.25) is 0 Å². The second-order valence-corrected chi connectivity index (χ2v) is 5.78. The third kappa shape index (κ3) is 5.88. The van der Waals surface area contributed by atoms with Crippen LogP contribution in [0.1, 0.15) is 57.1 Å². The highest BCUT2D eigenvalue weighted by atomic mass is 16.1. The van der Waals surface area contributed by atoms with Gasteiger partial charge in [-0.1, -0.05) is 44.9 Å². The summed E-state index contributed by atoms with van der Waals surface area (Å²) in [5.41, 5.74) is 8.98. The molecule has 0 aliphatic heterocycles. The molecule has 0 saturated heterocycles. The molecule has 0 bridgehead atoms. The van der Waals surface area contributed by atoms with E-state index in [1.807, 2.05) is 19.1 Å². The third-order valence-electron chi connectivity index (χ3n) is 4.06. The summed E-state index contributed by atoms with van der Waals surface area (Å²) >= 11 is 0. The van der Waals surface area contributed by atoms with E-state index in [1.54, 1.807) is 0 Å². The number of para-hydroxylation sites is 1. The molecule has 0 fully saturated rings. The van der Waals surface area contributed by atoms with Crippen LogP contribution in [0.25, 0.3) is 0 Å². The van der Waals surface area contributed by atoms with Crippen molar-refractivity contribution in [2.24, 2.45) is 11.7 Å². The van der Waals surface area contributed by atoms with Gasteiger partial charge in [0.05, 0.1) is 0 Å². The number of hydrogen-bond acceptors (Lipinski definition) is 2. The number of hydrogen-bond donors (Lipinski definition) is 2. The molecule has 1 aromatic rings. The van der Waals surface area contributed by atoms with Crippen LogP contribution in [0.4, 0.5) is 5.69 Å². The molecular weight excluding hydrogens is 260 g/mol. The average Bonchev–Trinajstić information content (AvgIpc) is 2.47. The van der Waals surface area contributed by atoms with E-state index in [0.717, 1.165) is 43.4 Å². The van der Waals surface area contributed by atoms with Gasteiger partial charge in [-0.2, -0.15) is 0 Å². The van der Waals surface area contributed by atoms with Crippen molar-refractivity contribution in [2.45, 2.75) is 59.3 Å². The number of carbonyl (C=O) groups is 1. The lowest BCUT2D eigenvalue weighted by Gasteiger charge is -2.16. The lowest BCUT2D eigenvalue weighted by atomic mass is 9.94. The van der Waals surface area contributed by atoms with Crippen molar-refractivity contribution in [3.8, 4) is 0 Å². The minimum Gasteiger partial charge on any atom is -0.330 e. The fourth-order valence-electron chi connectivity index (χ4n) is 2.82. The van der Waals surface area contributed by atoms with Gasteiger partial charge < -0.3 is 11.1 Å². The molecule has 118 valence electrons. The van der Waals surface area contributed by atoms with E-state index in [-0.39, 0.29) is 5.91 Å². The van der Waals surface area contributed by atoms with Crippen molar-refractivity contribution in [2.75, 3.05) is 11.9 Å². The molecule has 0 aromatic heterocycles. The highest BCUT2D eigenvalue weighted by Crippen LogP contribution is 2.22. The smallest absolute Gasteiger partial charge is 0.224 e. The fraction of sp³-hybridized carbons (Fsp3) is 0.611. The molecule has 1 unspecified atom stereocenters. The maximum Gasteiger partial charge on any atom is 0.224 e. The number of nitrogens with one attached hydrogen (secondary N) is 1. The highest BCUT2D eigenvalue weighted by Gasteiger charge is 2.12. The largest absolute Gasteiger partial charge is 0.330 e. The molecule has 1 atom stereocenters. The van der Waals surface area contributed by atoms with Gasteiger partial charge in [0, 0.05) is 12.1 Å². The summed E-state index contributed by atoms with van der Waals surface area (Å²) in [6.45, 7) is 7.06. The van der Waals surface area contributed by atoms with Crippen LogP contribution < -0.4 is 11.1 Å². The molecule has 0 aliphatic carbocycles. The second kappa shape index (κ2) is 9.56. The number of nitrogens with two attached hydrogens (primary N) is 1. The Morgan fingerprint density at radius 1 is 1.24 bits per heavy atom. The minimum atomic E-state index is 0.122. The normalized spacial score (nSPS) is 12.2. The van der Waals surface area contributed by atoms with Crippen molar-refractivity contribution in [3.05, 3.63) is 29.3 Å². The molecule has 1 amide bonds. The Bertz CT molecular complexity index is 437. The Hall–Kier alpha value is -1.35. The van der Waals surface area contributed by atoms with Gasteiger partial charge in [-0.3, -0.25) is 4.79 Å². The maximum absolute atomic E-state index is 12.2. The van der Waals surface area contributed by atoms with Gasteiger partial charge in [0.15, 0.2) is 0 Å². The first kappa shape index (κ1) is 17.7. The minimum absolute atomic E-state index is 0.122. The zero-order chi connectivity index (χ0) is 15.7. The fourth-order valence-corrected chi connectivity index (χ4v) is 2.82. The first-order valence-corrected chi connectivity index (χ1v) is 8.20. The van der Waals surface area contributed by atoms with Gasteiger partial charge >= 0.3 is 0 Å². The van der Waals surface area contributed by atoms with Crippen LogP contribution in [-0.2, 0) is 11.2 Å². The average molecular weight is 290 g/mol. The summed E-state index contributed by atoms with van der Waals surface area (Å²) in [6, 6.07) is 6.17. The Kier molecular flexibility index (Phi) is 8.06. The molecule has 3 nitrogen and oxygen atoms in total. The summed E-state index contributed by atoms with van der Waals surface area (Å²) in [7, 11) is 0. The molecule has 21 heavy (non-hydrogen) atoms. The Morgan fingerprint density at radius 3 is 2.62 bits per heavy atom. The van der Waals surface area contributed by atoms with Crippen molar-refractivity contribution < 1.29 is 4.79 Å². The van der Waals surface area contributed by atoms with Gasteiger partial charge in [0.2, 0.25) is 5.91 Å². The van der Waals surface area contributed by atoms with Crippen LogP contribution in [-0.4, -0.2) is 12.5 Å². The number of amides is 1. The summed E-state index contributed by atoms with van der Waals surface area (Å²) in [6.07, 6.45) is 5.79. The SMILES string of the molecule is CCCC(CCN)CCC(=O)Nc1c(C)cccc1CC. The zero-order valence-electron chi connectivity index (χ0n) is 13.7. The van der Waals surface area contributed by atoms with E-state index < -0.39 is 0 Å². The van der Waals surface area contributed by atoms with Gasteiger partial charge in [-0.25, -0.2) is 0 Å². The van der Waals surface area contributed by atoms with E-state index in [4.69, 9.17) is 5.73 Å². The number of carbonyl (C=O) groups excluding carboxylic acids is 1. The van der Waals surface area contributed by atoms with E-state index in [9.17, 15) is 4.79 Å². The van der Waals surface area contributed by atoms with Crippen molar-refractivity contribution >= 4 is 11.6 Å². The molecule has 0 spiro atoms. The van der Waals surface area contributed by atoms with E-state index in [1.165, 1.54) is 5.56 Å². The van der Waals surface area contributed by atoms with Crippen LogP contribution in [0, 0.1) is 12.8 Å².